The number of carbonyl (C=O) groups is 1. The predicted molar refractivity (Wildman–Crippen MR) is 484 cm³/mol. The van der Waals surface area contributed by atoms with Crippen LogP contribution < -0.4 is 0 Å². The Kier molecular flexibility index (Phi) is 29.3. The van der Waals surface area contributed by atoms with Gasteiger partial charge in [0.25, 0.3) is 0 Å². The molecule has 566 valence electrons. The van der Waals surface area contributed by atoms with Crippen LogP contribution in [0.25, 0.3) is 44.5 Å². The SMILES string of the molecule is C.C.C.C=CC(=C)Cl.C=CC(=O)OC1(C)CC2c3c(-c4ccc(Br)cc4)ccc(-c4ccc(Br)cc4)c3C1CC2C(C)C.CC(C)C1CC2c3c(-c4ccc(Br)cc4)ccc(-c4ccc(Br)cc4)c3C1CC2(C)O.CC1=CC2C3=C(C1CC2C(C)C)C(O)(c1ccc(Br)cc1)C=CC3(O)c1ccc(Br)cc1.I. The van der Waals surface area contributed by atoms with Gasteiger partial charge in [-0.2, -0.15) is 0 Å². The normalized spacial score (nSPS) is 26.2. The molecule has 0 spiro atoms. The lowest BCUT2D eigenvalue weighted by Gasteiger charge is -2.55. The average molecular weight is 1960 g/mol. The molecule has 13 atom stereocenters. The van der Waals surface area contributed by atoms with Crippen molar-refractivity contribution in [1.29, 1.82) is 0 Å². The molecule has 107 heavy (non-hydrogen) atoms. The Labute approximate surface area is 711 Å². The highest BCUT2D eigenvalue weighted by atomic mass is 127. The van der Waals surface area contributed by atoms with E-state index in [2.05, 4.69) is 305 Å². The second-order valence-electron chi connectivity index (χ2n) is 30.8. The van der Waals surface area contributed by atoms with Gasteiger partial charge in [0.05, 0.1) is 5.60 Å². The van der Waals surface area contributed by atoms with Crippen LogP contribution >= 0.6 is 131 Å². The van der Waals surface area contributed by atoms with E-state index < -0.39 is 22.4 Å². The Morgan fingerprint density at radius 3 is 1.14 bits per heavy atom. The highest BCUT2D eigenvalue weighted by Crippen LogP contribution is 2.66. The van der Waals surface area contributed by atoms with E-state index in [1.165, 1.54) is 84.5 Å². The molecule has 3 N–H and O–H groups in total. The van der Waals surface area contributed by atoms with Crippen molar-refractivity contribution in [1.82, 2.24) is 0 Å². The Morgan fingerprint density at radius 2 is 0.794 bits per heavy atom. The quantitative estimate of drug-likeness (QED) is 0.0373. The standard InChI is InChI=1S/C31H30Br2O2.C28H28Br2O2.C28H28Br2O.C4H5Cl.3CH4.HI/c1-5-28(34)35-31(4)17-26-25(18(2)3)16-27(31)30-24(20-8-12-22(33)13-9-20)15-14-23(29(26)30)19-6-10-21(32)11-7-19;1-16(2)22-15-23-17(3)14-24(22)26-25(23)27(31,18-4-8-20(29)9-5-18)12-13-28(26,32)19-6-10-21(30)11-7-19;1-16(2)23-14-25-27-22(18-6-10-20(30)11-7-18)13-12-21(17-4-8-19(29)9-5-17)26(27)24(23)15-28(25,3)31;1-3-4(2)5;;;;/h5-15,18,25-27H,1,16-17H2,2-4H3;4-14,16,22-24,31-32H,15H2,1-3H3;4-13,16,23-25,31H,14-15H2,1-3H3;3H,1-2H2;3*1H4;1H. The first-order valence-corrected chi connectivity index (χ1v) is 41.1. The number of fused-ring (bicyclic) bond motifs is 5. The summed E-state index contributed by atoms with van der Waals surface area (Å²) in [5, 5.41) is 36.5. The summed E-state index contributed by atoms with van der Waals surface area (Å²) < 4.78 is 12.4. The molecule has 10 aliphatic carbocycles. The van der Waals surface area contributed by atoms with Crippen LogP contribution in [0.15, 0.2) is 269 Å². The molecule has 0 aromatic heterocycles. The van der Waals surface area contributed by atoms with Crippen LogP contribution in [0.4, 0.5) is 0 Å². The summed E-state index contributed by atoms with van der Waals surface area (Å²) in [4.78, 5) is 12.5. The highest BCUT2D eigenvalue weighted by Gasteiger charge is 2.58. The van der Waals surface area contributed by atoms with E-state index in [4.69, 9.17) is 16.3 Å². The molecule has 2 fully saturated rings. The van der Waals surface area contributed by atoms with Crippen LogP contribution in [0.3, 0.4) is 0 Å². The molecule has 2 saturated carbocycles. The minimum absolute atomic E-state index is 0. The summed E-state index contributed by atoms with van der Waals surface area (Å²) in [6, 6.07) is 59.4. The molecule has 13 heteroatoms. The third kappa shape index (κ3) is 17.5. The van der Waals surface area contributed by atoms with Gasteiger partial charge in [0, 0.05) is 61.6 Å². The van der Waals surface area contributed by atoms with Crippen LogP contribution in [0, 0.1) is 47.3 Å². The number of carbonyl (C=O) groups excluding carboxylic acids is 1. The van der Waals surface area contributed by atoms with Crippen LogP contribution in [0.1, 0.15) is 174 Å². The Hall–Kier alpha value is -4.55. The molecule has 18 rings (SSSR count). The number of halogens is 8. The van der Waals surface area contributed by atoms with Gasteiger partial charge in [-0.1, -0.05) is 306 Å². The molecular weight excluding hydrogens is 1850 g/mol. The van der Waals surface area contributed by atoms with E-state index in [0.717, 1.165) is 81.2 Å². The third-order valence-electron chi connectivity index (χ3n) is 23.6. The maximum absolute atomic E-state index is 12.5. The summed E-state index contributed by atoms with van der Waals surface area (Å²) in [5.74, 6) is 4.06. The minimum atomic E-state index is -1.24. The minimum Gasteiger partial charge on any atom is -0.456 e. The van der Waals surface area contributed by atoms with E-state index in [0.29, 0.717) is 52.4 Å². The number of hydrogen-bond donors (Lipinski definition) is 3. The monoisotopic (exact) mass is 1950 g/mol. The number of benzene rings is 8. The zero-order valence-corrected chi connectivity index (χ0v) is 73.0. The first kappa shape index (κ1) is 88.0. The molecule has 0 aliphatic heterocycles. The van der Waals surface area contributed by atoms with Crippen LogP contribution in [-0.2, 0) is 20.7 Å². The zero-order valence-electron chi connectivity index (χ0n) is 60.3. The predicted octanol–water partition coefficient (Wildman–Crippen LogP) is 29.3. The summed E-state index contributed by atoms with van der Waals surface area (Å²) >= 11 is 26.5. The van der Waals surface area contributed by atoms with Crippen molar-refractivity contribution >= 4 is 137 Å². The lowest BCUT2D eigenvalue weighted by atomic mass is 9.52. The molecule has 10 aliphatic rings. The summed E-state index contributed by atoms with van der Waals surface area (Å²) in [7, 11) is 0. The van der Waals surface area contributed by atoms with E-state index in [9.17, 15) is 20.1 Å². The maximum atomic E-state index is 12.5. The molecule has 8 aromatic rings. The van der Waals surface area contributed by atoms with Crippen molar-refractivity contribution in [2.24, 2.45) is 47.3 Å². The zero-order chi connectivity index (χ0) is 73.9. The van der Waals surface area contributed by atoms with Crippen LogP contribution in [-0.4, -0.2) is 32.5 Å². The Bertz CT molecular complexity index is 4620. The second kappa shape index (κ2) is 35.7. The van der Waals surface area contributed by atoms with Crippen molar-refractivity contribution in [3.05, 3.63) is 302 Å². The molecule has 6 bridgehead atoms. The topological polar surface area (TPSA) is 87.0 Å². The Morgan fingerprint density at radius 1 is 0.477 bits per heavy atom. The van der Waals surface area contributed by atoms with Crippen molar-refractivity contribution in [2.75, 3.05) is 0 Å². The van der Waals surface area contributed by atoms with Crippen molar-refractivity contribution in [3.8, 4) is 44.5 Å². The molecular formula is C94H104Br6ClIO5. The molecule has 0 radical (unpaired) electrons. The van der Waals surface area contributed by atoms with E-state index >= 15 is 0 Å². The van der Waals surface area contributed by atoms with Crippen LogP contribution in [0.5, 0.6) is 0 Å². The number of hydrogen-bond acceptors (Lipinski definition) is 5. The average Bonchev–Trinajstić information content (AvgIpc) is 0.710. The number of aliphatic hydroxyl groups is 3. The second-order valence-corrected chi connectivity index (χ2v) is 36.8. The van der Waals surface area contributed by atoms with Gasteiger partial charge in [0.15, 0.2) is 0 Å². The largest absolute Gasteiger partial charge is 0.456 e. The number of rotatable bonds is 12. The van der Waals surface area contributed by atoms with Gasteiger partial charge in [0.2, 0.25) is 0 Å². The van der Waals surface area contributed by atoms with Gasteiger partial charge in [-0.15, -0.1) is 24.0 Å². The smallest absolute Gasteiger partial charge is 0.330 e. The lowest BCUT2D eigenvalue weighted by molar-refractivity contribution is -0.161. The van der Waals surface area contributed by atoms with Crippen molar-refractivity contribution < 1.29 is 24.9 Å². The maximum Gasteiger partial charge on any atom is 0.330 e. The van der Waals surface area contributed by atoms with Gasteiger partial charge >= 0.3 is 5.97 Å². The summed E-state index contributed by atoms with van der Waals surface area (Å²) in [5.41, 5.74) is 16.9. The van der Waals surface area contributed by atoms with Crippen LogP contribution in [0.2, 0.25) is 0 Å². The molecule has 5 nitrogen and oxygen atoms in total. The van der Waals surface area contributed by atoms with E-state index in [-0.39, 0.29) is 75.9 Å². The summed E-state index contributed by atoms with van der Waals surface area (Å²) in [6.45, 7) is 30.6. The van der Waals surface area contributed by atoms with Crippen molar-refractivity contribution in [2.45, 2.75) is 163 Å². The first-order chi connectivity index (χ1) is 48.9. The molecule has 13 unspecified atom stereocenters. The van der Waals surface area contributed by atoms with E-state index in [1.54, 1.807) is 0 Å². The van der Waals surface area contributed by atoms with Gasteiger partial charge < -0.3 is 20.1 Å². The first-order valence-electron chi connectivity index (χ1n) is 35.9. The molecule has 0 saturated heterocycles. The summed E-state index contributed by atoms with van der Waals surface area (Å²) in [6.07, 6.45) is 13.5. The molecule has 0 heterocycles. The number of esters is 1. The van der Waals surface area contributed by atoms with E-state index in [1.807, 2.05) is 60.7 Å². The molecule has 0 amide bonds. The van der Waals surface area contributed by atoms with Gasteiger partial charge in [-0.05, 0) is 274 Å². The fraction of sp³-hybridized carbons (Fsp3) is 0.351. The lowest BCUT2D eigenvalue weighted by Crippen LogP contribution is -2.50. The fourth-order valence-corrected chi connectivity index (χ4v) is 20.2. The highest BCUT2D eigenvalue weighted by molar-refractivity contribution is 14.0. The van der Waals surface area contributed by atoms with Gasteiger partial charge in [-0.3, -0.25) is 0 Å². The number of ether oxygens (including phenoxy) is 1. The van der Waals surface area contributed by atoms with Crippen molar-refractivity contribution in [3.63, 3.8) is 0 Å². The van der Waals surface area contributed by atoms with Gasteiger partial charge in [0.1, 0.15) is 16.8 Å². The number of allylic oxidation sites excluding steroid dienone is 4. The Balaban J connectivity index is 0.000000193. The molecule has 8 aromatic carbocycles. The fourth-order valence-electron chi connectivity index (χ4n) is 18.6. The van der Waals surface area contributed by atoms with Gasteiger partial charge in [-0.25, -0.2) is 4.79 Å². The third-order valence-corrected chi connectivity index (χ3v) is 26.9.